The van der Waals surface area contributed by atoms with E-state index in [1.807, 2.05) is 0 Å². The summed E-state index contributed by atoms with van der Waals surface area (Å²) >= 11 is 6.01. The van der Waals surface area contributed by atoms with E-state index in [0.29, 0.717) is 21.7 Å². The van der Waals surface area contributed by atoms with Gasteiger partial charge in [0, 0.05) is 35.3 Å². The largest absolute Gasteiger partial charge is 0.387 e. The van der Waals surface area contributed by atoms with Crippen molar-refractivity contribution in [1.82, 2.24) is 10.6 Å². The molecular formula is C17H17ClN2O3. The third kappa shape index (κ3) is 4.31. The van der Waals surface area contributed by atoms with Crippen molar-refractivity contribution in [2.75, 3.05) is 13.6 Å². The fourth-order valence-electron chi connectivity index (χ4n) is 2.09. The van der Waals surface area contributed by atoms with Gasteiger partial charge < -0.3 is 15.7 Å². The predicted molar refractivity (Wildman–Crippen MR) is 88.6 cm³/mol. The molecule has 0 aliphatic rings. The highest BCUT2D eigenvalue weighted by Crippen LogP contribution is 2.21. The molecule has 2 aromatic rings. The van der Waals surface area contributed by atoms with E-state index < -0.39 is 6.10 Å². The first kappa shape index (κ1) is 17.0. The standard InChI is InChI=1S/C17H17ClN2O3/c1-19-16(22)11-5-4-6-12(9-11)17(23)20-10-15(21)13-7-2-3-8-14(13)18/h2-9,15,21H,10H2,1H3,(H,19,22)(H,20,23). The number of hydrogen-bond donors (Lipinski definition) is 3. The maximum atomic E-state index is 12.1. The van der Waals surface area contributed by atoms with Gasteiger partial charge in [0.05, 0.1) is 6.10 Å². The van der Waals surface area contributed by atoms with Crippen LogP contribution in [0.4, 0.5) is 0 Å². The Labute approximate surface area is 139 Å². The number of hydrogen-bond acceptors (Lipinski definition) is 3. The van der Waals surface area contributed by atoms with E-state index in [1.54, 1.807) is 42.5 Å². The molecule has 3 N–H and O–H groups in total. The molecule has 0 bridgehead atoms. The van der Waals surface area contributed by atoms with Gasteiger partial charge in [0.15, 0.2) is 0 Å². The van der Waals surface area contributed by atoms with Gasteiger partial charge in [-0.3, -0.25) is 9.59 Å². The average molecular weight is 333 g/mol. The first-order valence-corrected chi connectivity index (χ1v) is 7.43. The number of halogens is 1. The Morgan fingerprint density at radius 2 is 1.74 bits per heavy atom. The van der Waals surface area contributed by atoms with Gasteiger partial charge in [-0.1, -0.05) is 35.9 Å². The smallest absolute Gasteiger partial charge is 0.251 e. The van der Waals surface area contributed by atoms with E-state index in [9.17, 15) is 14.7 Å². The van der Waals surface area contributed by atoms with E-state index in [2.05, 4.69) is 10.6 Å². The van der Waals surface area contributed by atoms with Gasteiger partial charge in [0.1, 0.15) is 0 Å². The second kappa shape index (κ2) is 7.76. The summed E-state index contributed by atoms with van der Waals surface area (Å²) in [5.74, 6) is -0.641. The summed E-state index contributed by atoms with van der Waals surface area (Å²) in [7, 11) is 1.52. The minimum absolute atomic E-state index is 0.0206. The Balaban J connectivity index is 2.02. The third-order valence-electron chi connectivity index (χ3n) is 3.33. The quantitative estimate of drug-likeness (QED) is 0.785. The zero-order valence-electron chi connectivity index (χ0n) is 12.5. The second-order valence-electron chi connectivity index (χ2n) is 4.91. The monoisotopic (exact) mass is 332 g/mol. The molecule has 5 nitrogen and oxygen atoms in total. The van der Waals surface area contributed by atoms with Gasteiger partial charge >= 0.3 is 0 Å². The number of amides is 2. The lowest BCUT2D eigenvalue weighted by molar-refractivity contribution is 0.0916. The van der Waals surface area contributed by atoms with Crippen molar-refractivity contribution < 1.29 is 14.7 Å². The van der Waals surface area contributed by atoms with Crippen LogP contribution in [0.15, 0.2) is 48.5 Å². The van der Waals surface area contributed by atoms with Gasteiger partial charge in [0.2, 0.25) is 0 Å². The number of benzene rings is 2. The van der Waals surface area contributed by atoms with Crippen molar-refractivity contribution in [2.45, 2.75) is 6.10 Å². The summed E-state index contributed by atoms with van der Waals surface area (Å²) in [5.41, 5.74) is 1.29. The summed E-state index contributed by atoms with van der Waals surface area (Å²) in [6, 6.07) is 13.2. The maximum Gasteiger partial charge on any atom is 0.251 e. The Bertz CT molecular complexity index is 718. The zero-order valence-corrected chi connectivity index (χ0v) is 13.3. The van der Waals surface area contributed by atoms with E-state index in [-0.39, 0.29) is 18.4 Å². The van der Waals surface area contributed by atoms with E-state index >= 15 is 0 Å². The van der Waals surface area contributed by atoms with Gasteiger partial charge in [0.25, 0.3) is 11.8 Å². The molecule has 0 saturated carbocycles. The maximum absolute atomic E-state index is 12.1. The third-order valence-corrected chi connectivity index (χ3v) is 3.68. The highest BCUT2D eigenvalue weighted by molar-refractivity contribution is 6.31. The topological polar surface area (TPSA) is 78.4 Å². The summed E-state index contributed by atoms with van der Waals surface area (Å²) in [6.45, 7) is 0.0206. The van der Waals surface area contributed by atoms with Crippen LogP contribution in [0.5, 0.6) is 0 Å². The first-order chi connectivity index (χ1) is 11.0. The van der Waals surface area contributed by atoms with Crippen LogP contribution in [0.2, 0.25) is 5.02 Å². The fraction of sp³-hybridized carbons (Fsp3) is 0.176. The molecule has 120 valence electrons. The van der Waals surface area contributed by atoms with Crippen molar-refractivity contribution in [2.24, 2.45) is 0 Å². The summed E-state index contributed by atoms with van der Waals surface area (Å²) < 4.78 is 0. The molecule has 0 heterocycles. The molecule has 1 unspecified atom stereocenters. The van der Waals surface area contributed by atoms with E-state index in [1.165, 1.54) is 13.1 Å². The SMILES string of the molecule is CNC(=O)c1cccc(C(=O)NCC(O)c2ccccc2Cl)c1. The van der Waals surface area contributed by atoms with Crippen molar-refractivity contribution in [1.29, 1.82) is 0 Å². The first-order valence-electron chi connectivity index (χ1n) is 7.05. The second-order valence-corrected chi connectivity index (χ2v) is 5.31. The van der Waals surface area contributed by atoms with Crippen LogP contribution < -0.4 is 10.6 Å². The molecule has 2 rings (SSSR count). The van der Waals surface area contributed by atoms with Crippen LogP contribution in [-0.2, 0) is 0 Å². The molecule has 0 fully saturated rings. The Morgan fingerprint density at radius 1 is 1.09 bits per heavy atom. The molecule has 1 atom stereocenters. The van der Waals surface area contributed by atoms with E-state index in [0.717, 1.165) is 0 Å². The minimum atomic E-state index is -0.908. The normalized spacial score (nSPS) is 11.6. The van der Waals surface area contributed by atoms with E-state index in [4.69, 9.17) is 11.6 Å². The lowest BCUT2D eigenvalue weighted by Gasteiger charge is -2.14. The lowest BCUT2D eigenvalue weighted by Crippen LogP contribution is -2.29. The lowest BCUT2D eigenvalue weighted by atomic mass is 10.1. The number of rotatable bonds is 5. The molecule has 6 heteroatoms. The molecule has 23 heavy (non-hydrogen) atoms. The molecule has 0 aliphatic heterocycles. The minimum Gasteiger partial charge on any atom is -0.387 e. The molecule has 0 aliphatic carbocycles. The van der Waals surface area contributed by atoms with Crippen molar-refractivity contribution >= 4 is 23.4 Å². The van der Waals surface area contributed by atoms with Crippen LogP contribution in [0.1, 0.15) is 32.4 Å². The Kier molecular flexibility index (Phi) is 5.73. The molecule has 2 amide bonds. The fourth-order valence-corrected chi connectivity index (χ4v) is 2.35. The van der Waals surface area contributed by atoms with Gasteiger partial charge in [-0.2, -0.15) is 0 Å². The summed E-state index contributed by atoms with van der Waals surface area (Å²) in [6.07, 6.45) is -0.908. The van der Waals surface area contributed by atoms with Crippen molar-refractivity contribution in [3.05, 3.63) is 70.2 Å². The molecule has 0 spiro atoms. The van der Waals surface area contributed by atoms with Crippen LogP contribution in [-0.4, -0.2) is 30.5 Å². The molecule has 0 aromatic heterocycles. The van der Waals surface area contributed by atoms with Crippen LogP contribution in [0.3, 0.4) is 0 Å². The van der Waals surface area contributed by atoms with Gasteiger partial charge in [-0.05, 0) is 24.3 Å². The van der Waals surface area contributed by atoms with Gasteiger partial charge in [-0.15, -0.1) is 0 Å². The summed E-state index contributed by atoms with van der Waals surface area (Å²) in [5, 5.41) is 15.7. The van der Waals surface area contributed by atoms with Gasteiger partial charge in [-0.25, -0.2) is 0 Å². The molecular weight excluding hydrogens is 316 g/mol. The number of aliphatic hydroxyl groups excluding tert-OH is 1. The van der Waals surface area contributed by atoms with Crippen LogP contribution in [0.25, 0.3) is 0 Å². The highest BCUT2D eigenvalue weighted by Gasteiger charge is 2.14. The number of aliphatic hydroxyl groups is 1. The van der Waals surface area contributed by atoms with Crippen molar-refractivity contribution in [3.63, 3.8) is 0 Å². The molecule has 0 radical (unpaired) electrons. The zero-order chi connectivity index (χ0) is 16.8. The Hall–Kier alpha value is -2.37. The Morgan fingerprint density at radius 3 is 2.39 bits per heavy atom. The number of carbonyl (C=O) groups is 2. The van der Waals surface area contributed by atoms with Crippen molar-refractivity contribution in [3.8, 4) is 0 Å². The van der Waals surface area contributed by atoms with Crippen LogP contribution >= 0.6 is 11.6 Å². The van der Waals surface area contributed by atoms with Crippen LogP contribution in [0, 0.1) is 0 Å². The number of nitrogens with one attached hydrogen (secondary N) is 2. The average Bonchev–Trinajstić information content (AvgIpc) is 2.59. The number of carbonyl (C=O) groups excluding carboxylic acids is 2. The molecule has 2 aromatic carbocycles. The summed E-state index contributed by atoms with van der Waals surface area (Å²) in [4.78, 5) is 23.7. The molecule has 0 saturated heterocycles. The highest BCUT2D eigenvalue weighted by atomic mass is 35.5. The predicted octanol–water partition coefficient (Wildman–Crippen LogP) is 2.16.